The third-order valence-corrected chi connectivity index (χ3v) is 5.59. The van der Waals surface area contributed by atoms with Crippen LogP contribution < -0.4 is 5.32 Å². The maximum absolute atomic E-state index is 12.5. The lowest BCUT2D eigenvalue weighted by Crippen LogP contribution is -2.47. The van der Waals surface area contributed by atoms with Gasteiger partial charge in [0.25, 0.3) is 0 Å². The highest BCUT2D eigenvalue weighted by molar-refractivity contribution is 5.78. The van der Waals surface area contributed by atoms with Gasteiger partial charge in [0.15, 0.2) is 0 Å². The Morgan fingerprint density at radius 2 is 2.04 bits per heavy atom. The predicted molar refractivity (Wildman–Crippen MR) is 102 cm³/mol. The van der Waals surface area contributed by atoms with E-state index in [1.165, 1.54) is 29.7 Å². The maximum Gasteiger partial charge on any atom is 0.226 e. The maximum atomic E-state index is 12.5. The molecule has 1 aromatic heterocycles. The summed E-state index contributed by atoms with van der Waals surface area (Å²) in [6.07, 6.45) is 7.16. The van der Waals surface area contributed by atoms with Crippen LogP contribution in [0.1, 0.15) is 48.2 Å². The van der Waals surface area contributed by atoms with Crippen molar-refractivity contribution >= 4 is 5.91 Å². The minimum Gasteiger partial charge on any atom is -0.352 e. The van der Waals surface area contributed by atoms with Crippen LogP contribution in [0.15, 0.2) is 30.3 Å². The first-order valence-corrected chi connectivity index (χ1v) is 9.88. The molecule has 1 aliphatic carbocycles. The summed E-state index contributed by atoms with van der Waals surface area (Å²) >= 11 is 0. The molecule has 1 aliphatic heterocycles. The van der Waals surface area contributed by atoms with Crippen molar-refractivity contribution in [3.8, 4) is 0 Å². The van der Waals surface area contributed by atoms with Gasteiger partial charge < -0.3 is 5.32 Å². The van der Waals surface area contributed by atoms with Gasteiger partial charge in [0.2, 0.25) is 5.91 Å². The van der Waals surface area contributed by atoms with Crippen molar-refractivity contribution in [3.63, 3.8) is 0 Å². The van der Waals surface area contributed by atoms with Gasteiger partial charge in [0, 0.05) is 24.8 Å². The van der Waals surface area contributed by atoms with Crippen molar-refractivity contribution in [2.24, 2.45) is 0 Å². The Labute approximate surface area is 155 Å². The second-order valence-electron chi connectivity index (χ2n) is 7.64. The molecule has 26 heavy (non-hydrogen) atoms. The predicted octanol–water partition coefficient (Wildman–Crippen LogP) is 2.61. The largest absolute Gasteiger partial charge is 0.352 e. The highest BCUT2D eigenvalue weighted by atomic mass is 16.1. The average Bonchev–Trinajstić information content (AvgIpc) is 3.06. The Balaban J connectivity index is 1.30. The van der Waals surface area contributed by atoms with Crippen LogP contribution in [0.25, 0.3) is 0 Å². The second-order valence-corrected chi connectivity index (χ2v) is 7.64. The molecule has 138 valence electrons. The molecule has 1 atom stereocenters. The molecule has 1 aromatic carbocycles. The number of hydrogen-bond acceptors (Lipinski definition) is 3. The van der Waals surface area contributed by atoms with Crippen molar-refractivity contribution in [1.29, 1.82) is 0 Å². The summed E-state index contributed by atoms with van der Waals surface area (Å²) in [5.74, 6) is 0.108. The third-order valence-electron chi connectivity index (χ3n) is 5.59. The number of nitrogens with one attached hydrogen (secondary N) is 2. The van der Waals surface area contributed by atoms with Crippen LogP contribution in [0, 0.1) is 0 Å². The van der Waals surface area contributed by atoms with Crippen LogP contribution >= 0.6 is 0 Å². The zero-order valence-corrected chi connectivity index (χ0v) is 15.3. The number of carbonyl (C=O) groups excluding carboxylic acids is 1. The Kier molecular flexibility index (Phi) is 5.34. The van der Waals surface area contributed by atoms with E-state index in [4.69, 9.17) is 0 Å². The highest BCUT2D eigenvalue weighted by Crippen LogP contribution is 2.22. The first kappa shape index (κ1) is 17.3. The zero-order chi connectivity index (χ0) is 17.8. The quantitative estimate of drug-likeness (QED) is 0.870. The number of aromatic nitrogens is 2. The summed E-state index contributed by atoms with van der Waals surface area (Å²) < 4.78 is 0. The number of rotatable bonds is 5. The SMILES string of the molecule is O=C(Cc1n[nH]c2c1CCCC2)NC1CCCN(Cc2ccccc2)C1. The summed E-state index contributed by atoms with van der Waals surface area (Å²) in [6.45, 7) is 2.99. The van der Waals surface area contributed by atoms with Crippen molar-refractivity contribution in [1.82, 2.24) is 20.4 Å². The molecule has 5 nitrogen and oxygen atoms in total. The lowest BCUT2D eigenvalue weighted by molar-refractivity contribution is -0.121. The molecule has 1 amide bonds. The third kappa shape index (κ3) is 4.15. The first-order chi connectivity index (χ1) is 12.8. The van der Waals surface area contributed by atoms with Crippen molar-refractivity contribution in [2.75, 3.05) is 13.1 Å². The van der Waals surface area contributed by atoms with E-state index in [2.05, 4.69) is 50.7 Å². The molecular formula is C21H28N4O. The molecule has 2 aliphatic rings. The second kappa shape index (κ2) is 8.04. The normalized spacial score (nSPS) is 20.5. The summed E-state index contributed by atoms with van der Waals surface area (Å²) in [4.78, 5) is 15.0. The molecule has 1 fully saturated rings. The van der Waals surface area contributed by atoms with Crippen molar-refractivity contribution in [3.05, 3.63) is 52.8 Å². The number of fused-ring (bicyclic) bond motifs is 1. The first-order valence-electron chi connectivity index (χ1n) is 9.88. The van der Waals surface area contributed by atoms with Gasteiger partial charge in [-0.15, -0.1) is 0 Å². The molecule has 0 bridgehead atoms. The minimum absolute atomic E-state index is 0.108. The van der Waals surface area contributed by atoms with Crippen LogP contribution in [0.5, 0.6) is 0 Å². The Morgan fingerprint density at radius 1 is 1.19 bits per heavy atom. The molecule has 2 N–H and O–H groups in total. The molecule has 1 unspecified atom stereocenters. The fourth-order valence-corrected chi connectivity index (χ4v) is 4.29. The van der Waals surface area contributed by atoms with Crippen LogP contribution in [-0.4, -0.2) is 40.1 Å². The van der Waals surface area contributed by atoms with E-state index in [-0.39, 0.29) is 11.9 Å². The molecule has 5 heteroatoms. The lowest BCUT2D eigenvalue weighted by atomic mass is 9.95. The smallest absolute Gasteiger partial charge is 0.226 e. The molecule has 4 rings (SSSR count). The van der Waals surface area contributed by atoms with Crippen LogP contribution in [0.4, 0.5) is 0 Å². The Hall–Kier alpha value is -2.14. The van der Waals surface area contributed by atoms with Gasteiger partial charge in [0.05, 0.1) is 12.1 Å². The summed E-state index contributed by atoms with van der Waals surface area (Å²) in [7, 11) is 0. The number of aryl methyl sites for hydroxylation is 1. The summed E-state index contributed by atoms with van der Waals surface area (Å²) in [5.41, 5.74) is 4.82. The monoisotopic (exact) mass is 352 g/mol. The van der Waals surface area contributed by atoms with E-state index in [0.29, 0.717) is 6.42 Å². The summed E-state index contributed by atoms with van der Waals surface area (Å²) in [5, 5.41) is 10.8. The van der Waals surface area contributed by atoms with E-state index in [9.17, 15) is 4.79 Å². The Bertz CT molecular complexity index is 740. The van der Waals surface area contributed by atoms with E-state index in [1.807, 2.05) is 0 Å². The van der Waals surface area contributed by atoms with E-state index in [1.54, 1.807) is 0 Å². The number of hydrogen-bond donors (Lipinski definition) is 2. The molecule has 0 spiro atoms. The van der Waals surface area contributed by atoms with Crippen molar-refractivity contribution < 1.29 is 4.79 Å². The number of carbonyl (C=O) groups is 1. The molecular weight excluding hydrogens is 324 g/mol. The number of piperidine rings is 1. The van der Waals surface area contributed by atoms with Gasteiger partial charge >= 0.3 is 0 Å². The number of amides is 1. The molecule has 2 aromatic rings. The van der Waals surface area contributed by atoms with Gasteiger partial charge in [-0.3, -0.25) is 14.8 Å². The Morgan fingerprint density at radius 3 is 2.92 bits per heavy atom. The van der Waals surface area contributed by atoms with Crippen LogP contribution in [-0.2, 0) is 30.6 Å². The summed E-state index contributed by atoms with van der Waals surface area (Å²) in [6, 6.07) is 10.8. The molecule has 2 heterocycles. The molecule has 0 radical (unpaired) electrons. The fraction of sp³-hybridized carbons (Fsp3) is 0.524. The topological polar surface area (TPSA) is 61.0 Å². The molecule has 0 saturated carbocycles. The van der Waals surface area contributed by atoms with Crippen LogP contribution in [0.3, 0.4) is 0 Å². The number of H-pyrrole nitrogens is 1. The zero-order valence-electron chi connectivity index (χ0n) is 15.3. The minimum atomic E-state index is 0.108. The number of nitrogens with zero attached hydrogens (tertiary/aromatic N) is 2. The average molecular weight is 352 g/mol. The van der Waals surface area contributed by atoms with E-state index >= 15 is 0 Å². The van der Waals surface area contributed by atoms with E-state index < -0.39 is 0 Å². The van der Waals surface area contributed by atoms with E-state index in [0.717, 1.165) is 51.0 Å². The van der Waals surface area contributed by atoms with Gasteiger partial charge in [-0.1, -0.05) is 30.3 Å². The highest BCUT2D eigenvalue weighted by Gasteiger charge is 2.23. The molecule has 1 saturated heterocycles. The van der Waals surface area contributed by atoms with Gasteiger partial charge in [-0.05, 0) is 56.2 Å². The standard InChI is InChI=1S/C21H28N4O/c26-21(13-20-18-10-4-5-11-19(18)23-24-20)22-17-9-6-12-25(15-17)14-16-7-2-1-3-8-16/h1-3,7-8,17H,4-6,9-15H2,(H,22,26)(H,23,24). The number of aromatic amines is 1. The van der Waals surface area contributed by atoms with Crippen molar-refractivity contribution in [2.45, 2.75) is 57.5 Å². The fourth-order valence-electron chi connectivity index (χ4n) is 4.29. The van der Waals surface area contributed by atoms with Gasteiger partial charge in [0.1, 0.15) is 0 Å². The number of likely N-dealkylation sites (tertiary alicyclic amines) is 1. The number of benzene rings is 1. The van der Waals surface area contributed by atoms with Gasteiger partial charge in [-0.25, -0.2) is 0 Å². The van der Waals surface area contributed by atoms with Gasteiger partial charge in [-0.2, -0.15) is 5.10 Å². The van der Waals surface area contributed by atoms with Crippen LogP contribution in [0.2, 0.25) is 0 Å². The lowest BCUT2D eigenvalue weighted by Gasteiger charge is -2.33.